The normalized spacial score (nSPS) is 15.1. The molecule has 3 rings (SSSR count). The number of rotatable bonds is 5. The molecule has 0 radical (unpaired) electrons. The van der Waals surface area contributed by atoms with Crippen LogP contribution in [0.25, 0.3) is 0 Å². The van der Waals surface area contributed by atoms with Crippen molar-refractivity contribution in [1.29, 1.82) is 5.26 Å². The quantitative estimate of drug-likeness (QED) is 0.836. The van der Waals surface area contributed by atoms with E-state index in [9.17, 15) is 0 Å². The molecular weight excluding hydrogens is 324 g/mol. The van der Waals surface area contributed by atoms with E-state index < -0.39 is 0 Å². The summed E-state index contributed by atoms with van der Waals surface area (Å²) in [5, 5.41) is 9.78. The Morgan fingerprint density at radius 2 is 1.96 bits per heavy atom. The van der Waals surface area contributed by atoms with E-state index in [-0.39, 0.29) is 0 Å². The van der Waals surface area contributed by atoms with E-state index in [0.29, 0.717) is 22.9 Å². The zero-order valence-electron chi connectivity index (χ0n) is 13.4. The summed E-state index contributed by atoms with van der Waals surface area (Å²) in [4.78, 5) is 8.98. The van der Waals surface area contributed by atoms with E-state index in [0.717, 1.165) is 38.5 Å². The molecule has 0 aliphatic carbocycles. The largest absolute Gasteiger partial charge is 0.491 e. The highest BCUT2D eigenvalue weighted by Gasteiger charge is 2.18. The van der Waals surface area contributed by atoms with Crippen molar-refractivity contribution in [3.8, 4) is 11.8 Å². The van der Waals surface area contributed by atoms with E-state index in [1.54, 1.807) is 18.3 Å². The predicted octanol–water partition coefficient (Wildman–Crippen LogP) is 2.81. The highest BCUT2D eigenvalue weighted by atomic mass is 35.5. The maximum Gasteiger partial charge on any atom is 0.137 e. The number of benzene rings is 1. The molecule has 0 unspecified atom stereocenters. The molecule has 0 spiro atoms. The minimum absolute atomic E-state index is 0.577. The van der Waals surface area contributed by atoms with Gasteiger partial charge in [0.15, 0.2) is 0 Å². The Labute approximate surface area is 147 Å². The van der Waals surface area contributed by atoms with Gasteiger partial charge in [-0.15, -0.1) is 0 Å². The highest BCUT2D eigenvalue weighted by Crippen LogP contribution is 2.18. The van der Waals surface area contributed by atoms with Gasteiger partial charge in [0.25, 0.3) is 0 Å². The van der Waals surface area contributed by atoms with Gasteiger partial charge in [-0.25, -0.2) is 4.98 Å². The second kappa shape index (κ2) is 8.00. The third kappa shape index (κ3) is 4.16. The molecule has 1 aliphatic heterocycles. The van der Waals surface area contributed by atoms with E-state index in [1.165, 1.54) is 0 Å². The van der Waals surface area contributed by atoms with Gasteiger partial charge in [0.1, 0.15) is 24.2 Å². The Morgan fingerprint density at radius 1 is 1.17 bits per heavy atom. The first-order valence-corrected chi connectivity index (χ1v) is 8.35. The highest BCUT2D eigenvalue weighted by molar-refractivity contribution is 6.30. The first kappa shape index (κ1) is 16.6. The molecule has 1 fully saturated rings. The second-order valence-corrected chi connectivity index (χ2v) is 6.05. The fraction of sp³-hybridized carbons (Fsp3) is 0.333. The number of pyridine rings is 1. The molecule has 0 saturated carbocycles. The lowest BCUT2D eigenvalue weighted by molar-refractivity contribution is 0.200. The number of aromatic nitrogens is 1. The van der Waals surface area contributed by atoms with E-state index in [2.05, 4.69) is 20.9 Å². The van der Waals surface area contributed by atoms with Gasteiger partial charge in [0.05, 0.1) is 5.56 Å². The molecular formula is C18H19ClN4O. The number of hydrogen-bond acceptors (Lipinski definition) is 5. The summed E-state index contributed by atoms with van der Waals surface area (Å²) in [6.07, 6.45) is 1.74. The van der Waals surface area contributed by atoms with Crippen molar-refractivity contribution in [3.05, 3.63) is 53.2 Å². The molecule has 6 heteroatoms. The van der Waals surface area contributed by atoms with Gasteiger partial charge in [0, 0.05) is 43.9 Å². The molecule has 0 amide bonds. The van der Waals surface area contributed by atoms with Gasteiger partial charge >= 0.3 is 0 Å². The minimum Gasteiger partial charge on any atom is -0.491 e. The molecule has 1 aromatic carbocycles. The van der Waals surface area contributed by atoms with Gasteiger partial charge in [-0.3, -0.25) is 4.90 Å². The van der Waals surface area contributed by atoms with Crippen LogP contribution in [-0.2, 0) is 0 Å². The topological polar surface area (TPSA) is 52.4 Å². The molecule has 1 aliphatic rings. The van der Waals surface area contributed by atoms with E-state index >= 15 is 0 Å². The zero-order chi connectivity index (χ0) is 16.8. The number of ether oxygens (including phenoxy) is 1. The number of nitriles is 1. The summed E-state index contributed by atoms with van der Waals surface area (Å²) in [6, 6.07) is 13.2. The second-order valence-electron chi connectivity index (χ2n) is 5.62. The van der Waals surface area contributed by atoms with Gasteiger partial charge in [0.2, 0.25) is 0 Å². The average molecular weight is 343 g/mol. The van der Waals surface area contributed by atoms with Gasteiger partial charge in [-0.05, 0) is 24.3 Å². The van der Waals surface area contributed by atoms with E-state index in [1.807, 2.05) is 24.3 Å². The fourth-order valence-corrected chi connectivity index (χ4v) is 2.89. The van der Waals surface area contributed by atoms with Crippen molar-refractivity contribution < 1.29 is 4.74 Å². The van der Waals surface area contributed by atoms with Crippen LogP contribution >= 0.6 is 11.6 Å². The lowest BCUT2D eigenvalue weighted by Gasteiger charge is -2.35. The summed E-state index contributed by atoms with van der Waals surface area (Å²) >= 11 is 6.03. The molecule has 2 heterocycles. The first-order valence-electron chi connectivity index (χ1n) is 7.97. The van der Waals surface area contributed by atoms with Crippen LogP contribution in [0.15, 0.2) is 42.6 Å². The van der Waals surface area contributed by atoms with Crippen LogP contribution < -0.4 is 9.64 Å². The molecule has 0 bridgehead atoms. The lowest BCUT2D eigenvalue weighted by atomic mass is 10.2. The van der Waals surface area contributed by atoms with Crippen molar-refractivity contribution in [1.82, 2.24) is 9.88 Å². The number of piperazine rings is 1. The number of hydrogen-bond donors (Lipinski definition) is 0. The Morgan fingerprint density at radius 3 is 2.71 bits per heavy atom. The maximum atomic E-state index is 9.06. The Hall–Kier alpha value is -2.29. The molecule has 2 aromatic rings. The molecule has 124 valence electrons. The third-order valence-electron chi connectivity index (χ3n) is 4.08. The summed E-state index contributed by atoms with van der Waals surface area (Å²) < 4.78 is 5.75. The fourth-order valence-electron chi connectivity index (χ4n) is 2.74. The minimum atomic E-state index is 0.577. The monoisotopic (exact) mass is 342 g/mol. The standard InChI is InChI=1S/C18H19ClN4O/c19-16-5-6-21-18(13-16)23-9-7-22(8-10-23)11-12-24-17-4-2-1-3-15(17)14-20/h1-6,13H,7-12H2. The molecule has 5 nitrogen and oxygen atoms in total. The molecule has 1 saturated heterocycles. The van der Waals surface area contributed by atoms with Crippen molar-refractivity contribution in [2.45, 2.75) is 0 Å². The lowest BCUT2D eigenvalue weighted by Crippen LogP contribution is -2.47. The first-order chi connectivity index (χ1) is 11.8. The van der Waals surface area contributed by atoms with Crippen LogP contribution in [-0.4, -0.2) is 49.2 Å². The number of nitrogens with zero attached hydrogens (tertiary/aromatic N) is 4. The van der Waals surface area contributed by atoms with Gasteiger partial charge in [-0.1, -0.05) is 23.7 Å². The number of anilines is 1. The Balaban J connectivity index is 1.45. The molecule has 0 N–H and O–H groups in total. The Kier molecular flexibility index (Phi) is 5.52. The molecule has 0 atom stereocenters. The average Bonchev–Trinajstić information content (AvgIpc) is 2.63. The van der Waals surface area contributed by atoms with Crippen molar-refractivity contribution in [2.24, 2.45) is 0 Å². The van der Waals surface area contributed by atoms with Gasteiger partial charge < -0.3 is 9.64 Å². The van der Waals surface area contributed by atoms with Crippen LogP contribution in [0.5, 0.6) is 5.75 Å². The van der Waals surface area contributed by atoms with Crippen molar-refractivity contribution >= 4 is 17.4 Å². The summed E-state index contributed by atoms with van der Waals surface area (Å²) in [5.74, 6) is 1.59. The number of para-hydroxylation sites is 1. The van der Waals surface area contributed by atoms with Gasteiger partial charge in [-0.2, -0.15) is 5.26 Å². The van der Waals surface area contributed by atoms with Crippen LogP contribution in [0.4, 0.5) is 5.82 Å². The summed E-state index contributed by atoms with van der Waals surface area (Å²) in [6.45, 7) is 5.17. The number of halogens is 1. The van der Waals surface area contributed by atoms with Crippen molar-refractivity contribution in [2.75, 3.05) is 44.2 Å². The predicted molar refractivity (Wildman–Crippen MR) is 94.6 cm³/mol. The Bertz CT molecular complexity index is 723. The zero-order valence-corrected chi connectivity index (χ0v) is 14.1. The summed E-state index contributed by atoms with van der Waals surface area (Å²) in [7, 11) is 0. The van der Waals surface area contributed by atoms with Crippen LogP contribution in [0, 0.1) is 11.3 Å². The molecule has 24 heavy (non-hydrogen) atoms. The van der Waals surface area contributed by atoms with Crippen molar-refractivity contribution in [3.63, 3.8) is 0 Å². The maximum absolute atomic E-state index is 9.06. The third-order valence-corrected chi connectivity index (χ3v) is 4.31. The van der Waals surface area contributed by atoms with Crippen LogP contribution in [0.3, 0.4) is 0 Å². The van der Waals surface area contributed by atoms with Crippen LogP contribution in [0.2, 0.25) is 5.02 Å². The smallest absolute Gasteiger partial charge is 0.137 e. The van der Waals surface area contributed by atoms with E-state index in [4.69, 9.17) is 21.6 Å². The van der Waals surface area contributed by atoms with Crippen LogP contribution in [0.1, 0.15) is 5.56 Å². The SMILES string of the molecule is N#Cc1ccccc1OCCN1CCN(c2cc(Cl)ccn2)CC1. The molecule has 1 aromatic heterocycles. The summed E-state index contributed by atoms with van der Waals surface area (Å²) in [5.41, 5.74) is 0.578.